The van der Waals surface area contributed by atoms with E-state index >= 15 is 0 Å². The minimum Gasteiger partial charge on any atom is -0.355 e. The summed E-state index contributed by atoms with van der Waals surface area (Å²) in [5.74, 6) is 0.723. The maximum atomic E-state index is 11.5. The summed E-state index contributed by atoms with van der Waals surface area (Å²) >= 11 is 7.48. The minimum atomic E-state index is 0.152. The molecule has 0 aromatic rings. The molecule has 0 saturated heterocycles. The first-order valence-electron chi connectivity index (χ1n) is 6.10. The van der Waals surface area contributed by atoms with E-state index in [4.69, 9.17) is 11.6 Å². The van der Waals surface area contributed by atoms with Crippen LogP contribution in [0.3, 0.4) is 0 Å². The second kappa shape index (κ2) is 7.44. The molecule has 94 valence electrons. The topological polar surface area (TPSA) is 29.1 Å². The Labute approximate surface area is 108 Å². The molecule has 0 unspecified atom stereocenters. The summed E-state index contributed by atoms with van der Waals surface area (Å²) in [4.78, 5) is 11.5. The molecule has 0 heterocycles. The fraction of sp³-hybridized carbons (Fsp3) is 0.917. The van der Waals surface area contributed by atoms with Crippen molar-refractivity contribution in [3.63, 3.8) is 0 Å². The van der Waals surface area contributed by atoms with Crippen LogP contribution in [0.25, 0.3) is 0 Å². The predicted octanol–water partition coefficient (Wildman–Crippen LogP) is 3.19. The Morgan fingerprint density at radius 3 is 2.62 bits per heavy atom. The van der Waals surface area contributed by atoms with Crippen LogP contribution in [0.1, 0.15) is 44.9 Å². The summed E-state index contributed by atoms with van der Waals surface area (Å²) in [6, 6.07) is 0. The molecule has 4 heteroatoms. The standard InChI is InChI=1S/C12H22ClNOS/c1-16-12(7-3-2-4-8-12)10-14-11(15)6-5-9-13/h2-10H2,1H3,(H,14,15). The first-order valence-corrected chi connectivity index (χ1v) is 7.86. The number of amides is 1. The molecule has 2 nitrogen and oxygen atoms in total. The van der Waals surface area contributed by atoms with Crippen molar-refractivity contribution in [1.29, 1.82) is 0 Å². The summed E-state index contributed by atoms with van der Waals surface area (Å²) < 4.78 is 0.300. The molecule has 0 aromatic heterocycles. The SMILES string of the molecule is CSC1(CNC(=O)CCCCl)CCCCC1. The average Bonchev–Trinajstić information content (AvgIpc) is 2.35. The Morgan fingerprint density at radius 1 is 1.38 bits per heavy atom. The molecule has 0 aliphatic heterocycles. The van der Waals surface area contributed by atoms with Crippen molar-refractivity contribution in [1.82, 2.24) is 5.32 Å². The zero-order valence-corrected chi connectivity index (χ0v) is 11.6. The lowest BCUT2D eigenvalue weighted by molar-refractivity contribution is -0.121. The Morgan fingerprint density at radius 2 is 2.06 bits per heavy atom. The van der Waals surface area contributed by atoms with E-state index in [1.165, 1.54) is 32.1 Å². The van der Waals surface area contributed by atoms with Crippen LogP contribution in [0.2, 0.25) is 0 Å². The highest BCUT2D eigenvalue weighted by molar-refractivity contribution is 8.00. The number of thioether (sulfide) groups is 1. The fourth-order valence-electron chi connectivity index (χ4n) is 2.22. The van der Waals surface area contributed by atoms with Crippen molar-refractivity contribution in [3.05, 3.63) is 0 Å². The maximum absolute atomic E-state index is 11.5. The molecule has 0 atom stereocenters. The number of rotatable bonds is 6. The maximum Gasteiger partial charge on any atom is 0.220 e. The van der Waals surface area contributed by atoms with Gasteiger partial charge in [-0.25, -0.2) is 0 Å². The highest BCUT2D eigenvalue weighted by Gasteiger charge is 2.31. The second-order valence-corrected chi connectivity index (χ2v) is 6.17. The minimum absolute atomic E-state index is 0.152. The van der Waals surface area contributed by atoms with Crippen molar-refractivity contribution >= 4 is 29.3 Å². The molecule has 1 fully saturated rings. The van der Waals surface area contributed by atoms with Crippen LogP contribution in [0.15, 0.2) is 0 Å². The third-order valence-electron chi connectivity index (χ3n) is 3.34. The van der Waals surface area contributed by atoms with Crippen LogP contribution >= 0.6 is 23.4 Å². The smallest absolute Gasteiger partial charge is 0.220 e. The van der Waals surface area contributed by atoms with Gasteiger partial charge in [-0.05, 0) is 25.5 Å². The number of nitrogens with one attached hydrogen (secondary N) is 1. The molecule has 1 rings (SSSR count). The quantitative estimate of drug-likeness (QED) is 0.746. The molecule has 1 N–H and O–H groups in total. The van der Waals surface area contributed by atoms with Gasteiger partial charge in [-0.3, -0.25) is 4.79 Å². The summed E-state index contributed by atoms with van der Waals surface area (Å²) in [5, 5.41) is 3.06. The molecular weight excluding hydrogens is 242 g/mol. The van der Waals surface area contributed by atoms with E-state index in [9.17, 15) is 4.79 Å². The zero-order valence-electron chi connectivity index (χ0n) is 10.1. The van der Waals surface area contributed by atoms with Gasteiger partial charge in [-0.1, -0.05) is 19.3 Å². The van der Waals surface area contributed by atoms with Gasteiger partial charge in [-0.15, -0.1) is 11.6 Å². The van der Waals surface area contributed by atoms with Gasteiger partial charge in [0.05, 0.1) is 0 Å². The molecule has 1 saturated carbocycles. The predicted molar refractivity (Wildman–Crippen MR) is 72.3 cm³/mol. The fourth-order valence-corrected chi connectivity index (χ4v) is 3.27. The zero-order chi connectivity index (χ0) is 11.9. The van der Waals surface area contributed by atoms with Crippen LogP contribution in [-0.4, -0.2) is 29.3 Å². The van der Waals surface area contributed by atoms with Crippen LogP contribution in [-0.2, 0) is 4.79 Å². The highest BCUT2D eigenvalue weighted by atomic mass is 35.5. The normalized spacial score (nSPS) is 19.4. The molecule has 1 amide bonds. The largest absolute Gasteiger partial charge is 0.355 e. The lowest BCUT2D eigenvalue weighted by Crippen LogP contribution is -2.41. The number of carbonyl (C=O) groups is 1. The number of alkyl halides is 1. The number of carbonyl (C=O) groups excluding carboxylic acids is 1. The highest BCUT2D eigenvalue weighted by Crippen LogP contribution is 2.37. The van der Waals surface area contributed by atoms with Crippen molar-refractivity contribution in [2.75, 3.05) is 18.7 Å². The monoisotopic (exact) mass is 263 g/mol. The Hall–Kier alpha value is 0.110. The van der Waals surface area contributed by atoms with Gasteiger partial charge < -0.3 is 5.32 Å². The lowest BCUT2D eigenvalue weighted by atomic mass is 9.88. The van der Waals surface area contributed by atoms with Gasteiger partial charge in [0, 0.05) is 23.6 Å². The summed E-state index contributed by atoms with van der Waals surface area (Å²) in [6.07, 6.45) is 9.94. The number of hydrogen-bond acceptors (Lipinski definition) is 2. The molecular formula is C12H22ClNOS. The molecule has 0 aromatic carbocycles. The van der Waals surface area contributed by atoms with E-state index in [0.29, 0.717) is 17.0 Å². The van der Waals surface area contributed by atoms with E-state index in [0.717, 1.165) is 13.0 Å². The van der Waals surface area contributed by atoms with Crippen LogP contribution in [0.4, 0.5) is 0 Å². The Bertz CT molecular complexity index is 217. The summed E-state index contributed by atoms with van der Waals surface area (Å²) in [6.45, 7) is 0.829. The van der Waals surface area contributed by atoms with Crippen LogP contribution < -0.4 is 5.32 Å². The number of hydrogen-bond donors (Lipinski definition) is 1. The second-order valence-electron chi connectivity index (χ2n) is 4.52. The Balaban J connectivity index is 2.30. The van der Waals surface area contributed by atoms with E-state index < -0.39 is 0 Å². The first-order chi connectivity index (χ1) is 7.72. The lowest BCUT2D eigenvalue weighted by Gasteiger charge is -2.35. The van der Waals surface area contributed by atoms with Gasteiger partial charge in [-0.2, -0.15) is 11.8 Å². The molecule has 16 heavy (non-hydrogen) atoms. The van der Waals surface area contributed by atoms with E-state index in [-0.39, 0.29) is 5.91 Å². The van der Waals surface area contributed by atoms with Crippen molar-refractivity contribution in [2.24, 2.45) is 0 Å². The number of halogens is 1. The summed E-state index contributed by atoms with van der Waals surface area (Å²) in [5.41, 5.74) is 0. The van der Waals surface area contributed by atoms with Crippen LogP contribution in [0, 0.1) is 0 Å². The van der Waals surface area contributed by atoms with Crippen molar-refractivity contribution in [2.45, 2.75) is 49.7 Å². The van der Waals surface area contributed by atoms with Gasteiger partial charge in [0.1, 0.15) is 0 Å². The molecule has 0 radical (unpaired) electrons. The first kappa shape index (κ1) is 14.2. The van der Waals surface area contributed by atoms with E-state index in [1.807, 2.05) is 11.8 Å². The van der Waals surface area contributed by atoms with Crippen molar-refractivity contribution < 1.29 is 4.79 Å². The van der Waals surface area contributed by atoms with E-state index in [2.05, 4.69) is 11.6 Å². The molecule has 1 aliphatic rings. The molecule has 0 bridgehead atoms. The van der Waals surface area contributed by atoms with Crippen LogP contribution in [0.5, 0.6) is 0 Å². The third kappa shape index (κ3) is 4.54. The van der Waals surface area contributed by atoms with Gasteiger partial charge in [0.25, 0.3) is 0 Å². The average molecular weight is 264 g/mol. The van der Waals surface area contributed by atoms with Gasteiger partial charge in [0.15, 0.2) is 0 Å². The molecule has 1 aliphatic carbocycles. The Kier molecular flexibility index (Phi) is 6.59. The van der Waals surface area contributed by atoms with E-state index in [1.54, 1.807) is 0 Å². The third-order valence-corrected chi connectivity index (χ3v) is 5.03. The molecule has 0 spiro atoms. The van der Waals surface area contributed by atoms with Crippen molar-refractivity contribution in [3.8, 4) is 0 Å². The van der Waals surface area contributed by atoms with Gasteiger partial charge in [0.2, 0.25) is 5.91 Å². The van der Waals surface area contributed by atoms with Gasteiger partial charge >= 0.3 is 0 Å². The summed E-state index contributed by atoms with van der Waals surface area (Å²) in [7, 11) is 0.